The Morgan fingerprint density at radius 1 is 1.55 bits per heavy atom. The number of aryl methyl sites for hydroxylation is 1. The molecule has 0 aliphatic carbocycles. The lowest BCUT2D eigenvalue weighted by molar-refractivity contribution is -0.385. The highest BCUT2D eigenvalue weighted by molar-refractivity contribution is 5.95. The van der Waals surface area contributed by atoms with E-state index in [9.17, 15) is 14.9 Å². The highest BCUT2D eigenvalue weighted by Gasteiger charge is 2.24. The molecular formula is C10H9N5O5. The van der Waals surface area contributed by atoms with Gasteiger partial charge in [-0.3, -0.25) is 10.1 Å². The van der Waals surface area contributed by atoms with Gasteiger partial charge in [0, 0.05) is 6.07 Å². The van der Waals surface area contributed by atoms with Crippen LogP contribution in [0.15, 0.2) is 18.2 Å². The Bertz CT molecular complexity index is 668. The van der Waals surface area contributed by atoms with Crippen LogP contribution in [0, 0.1) is 10.1 Å². The van der Waals surface area contributed by atoms with Crippen molar-refractivity contribution < 1.29 is 19.6 Å². The summed E-state index contributed by atoms with van der Waals surface area (Å²) in [6.45, 7) is -0.144. The Labute approximate surface area is 111 Å². The lowest BCUT2D eigenvalue weighted by atomic mass is 10.1. The summed E-state index contributed by atoms with van der Waals surface area (Å²) in [5.41, 5.74) is -1.05. The van der Waals surface area contributed by atoms with Crippen LogP contribution in [0.25, 0.3) is 0 Å². The maximum absolute atomic E-state index is 11.1. The van der Waals surface area contributed by atoms with Crippen LogP contribution in [0.3, 0.4) is 0 Å². The topological polar surface area (TPSA) is 133 Å². The molecule has 1 aromatic carbocycles. The van der Waals surface area contributed by atoms with Crippen LogP contribution in [0.1, 0.15) is 16.2 Å². The molecule has 2 rings (SSSR count). The average molecular weight is 279 g/mol. The number of ether oxygens (including phenoxy) is 1. The second kappa shape index (κ2) is 5.30. The number of tetrazole rings is 1. The molecule has 0 fully saturated rings. The molecule has 0 saturated heterocycles. The lowest BCUT2D eigenvalue weighted by Crippen LogP contribution is -2.07. The smallest absolute Gasteiger partial charge is 0.346 e. The minimum Gasteiger partial charge on any atom is -0.484 e. The first-order valence-electron chi connectivity index (χ1n) is 5.35. The molecule has 2 aromatic rings. The van der Waals surface area contributed by atoms with E-state index in [0.29, 0.717) is 0 Å². The number of nitrogens with zero attached hydrogens (tertiary/aromatic N) is 5. The fraction of sp³-hybridized carbons (Fsp3) is 0.200. The number of hydrogen-bond acceptors (Lipinski definition) is 7. The van der Waals surface area contributed by atoms with E-state index in [1.54, 1.807) is 7.05 Å². The van der Waals surface area contributed by atoms with Crippen LogP contribution in [0.2, 0.25) is 0 Å². The average Bonchev–Trinajstić information content (AvgIpc) is 2.81. The van der Waals surface area contributed by atoms with Gasteiger partial charge in [-0.2, -0.15) is 4.80 Å². The van der Waals surface area contributed by atoms with Crippen LogP contribution in [0.4, 0.5) is 5.69 Å². The summed E-state index contributed by atoms with van der Waals surface area (Å²) in [5.74, 6) is -1.34. The van der Waals surface area contributed by atoms with E-state index in [-0.39, 0.29) is 18.2 Å². The van der Waals surface area contributed by atoms with Crippen molar-refractivity contribution in [3.05, 3.63) is 39.7 Å². The maximum Gasteiger partial charge on any atom is 0.346 e. The van der Waals surface area contributed by atoms with Crippen molar-refractivity contribution in [1.29, 1.82) is 0 Å². The fourth-order valence-corrected chi connectivity index (χ4v) is 1.53. The van der Waals surface area contributed by atoms with Gasteiger partial charge in [-0.15, -0.1) is 10.2 Å². The van der Waals surface area contributed by atoms with Gasteiger partial charge in [-0.25, -0.2) is 4.79 Å². The summed E-state index contributed by atoms with van der Waals surface area (Å²) < 4.78 is 5.23. The Morgan fingerprint density at radius 2 is 2.30 bits per heavy atom. The van der Waals surface area contributed by atoms with E-state index in [2.05, 4.69) is 15.4 Å². The fourth-order valence-electron chi connectivity index (χ4n) is 1.53. The van der Waals surface area contributed by atoms with E-state index in [1.807, 2.05) is 0 Å². The number of benzene rings is 1. The van der Waals surface area contributed by atoms with Crippen molar-refractivity contribution in [2.45, 2.75) is 6.61 Å². The Kier molecular flexibility index (Phi) is 3.55. The van der Waals surface area contributed by atoms with E-state index < -0.39 is 22.1 Å². The van der Waals surface area contributed by atoms with Crippen molar-refractivity contribution in [2.24, 2.45) is 7.05 Å². The zero-order valence-corrected chi connectivity index (χ0v) is 10.3. The number of rotatable bonds is 5. The SMILES string of the molecule is Cn1nnc(COc2cccc([N+](=O)[O-])c2C(=O)O)n1. The van der Waals surface area contributed by atoms with Crippen LogP contribution < -0.4 is 4.74 Å². The number of carboxylic acids is 1. The van der Waals surface area contributed by atoms with Gasteiger partial charge >= 0.3 is 5.97 Å². The van der Waals surface area contributed by atoms with Gasteiger partial charge in [0.25, 0.3) is 5.69 Å². The molecule has 1 heterocycles. The molecule has 0 amide bonds. The summed E-state index contributed by atoms with van der Waals surface area (Å²) in [7, 11) is 1.56. The molecule has 0 unspecified atom stereocenters. The van der Waals surface area contributed by atoms with Gasteiger partial charge in [-0.1, -0.05) is 6.07 Å². The maximum atomic E-state index is 11.1. The monoisotopic (exact) mass is 279 g/mol. The van der Waals surface area contributed by atoms with Crippen molar-refractivity contribution in [2.75, 3.05) is 0 Å². The number of carboxylic acid groups (broad SMARTS) is 1. The molecule has 1 N–H and O–H groups in total. The summed E-state index contributed by atoms with van der Waals surface area (Å²) >= 11 is 0. The molecular weight excluding hydrogens is 270 g/mol. The third-order valence-electron chi connectivity index (χ3n) is 2.32. The highest BCUT2D eigenvalue weighted by atomic mass is 16.6. The molecule has 0 bridgehead atoms. The molecule has 0 radical (unpaired) electrons. The number of aromatic carboxylic acids is 1. The molecule has 0 aliphatic heterocycles. The van der Waals surface area contributed by atoms with E-state index in [4.69, 9.17) is 9.84 Å². The molecule has 10 nitrogen and oxygen atoms in total. The number of nitro benzene ring substituents is 1. The molecule has 0 saturated carbocycles. The molecule has 0 spiro atoms. The summed E-state index contributed by atoms with van der Waals surface area (Å²) in [6, 6.07) is 3.76. The van der Waals surface area contributed by atoms with Crippen LogP contribution >= 0.6 is 0 Å². The summed E-state index contributed by atoms with van der Waals surface area (Å²) in [6.07, 6.45) is 0. The first-order chi connectivity index (χ1) is 9.49. The van der Waals surface area contributed by atoms with E-state index in [1.165, 1.54) is 16.9 Å². The highest BCUT2D eigenvalue weighted by Crippen LogP contribution is 2.28. The zero-order chi connectivity index (χ0) is 14.7. The largest absolute Gasteiger partial charge is 0.484 e. The first-order valence-corrected chi connectivity index (χ1v) is 5.35. The second-order valence-electron chi connectivity index (χ2n) is 3.70. The van der Waals surface area contributed by atoms with Gasteiger partial charge in [0.05, 0.1) is 12.0 Å². The predicted octanol–water partition coefficient (Wildman–Crippen LogP) is 0.395. The summed E-state index contributed by atoms with van der Waals surface area (Å²) in [5, 5.41) is 31.0. The van der Waals surface area contributed by atoms with Gasteiger partial charge in [0.15, 0.2) is 12.2 Å². The van der Waals surface area contributed by atoms with Crippen LogP contribution in [-0.4, -0.2) is 36.2 Å². The lowest BCUT2D eigenvalue weighted by Gasteiger charge is -2.07. The van der Waals surface area contributed by atoms with E-state index >= 15 is 0 Å². The Morgan fingerprint density at radius 3 is 2.85 bits per heavy atom. The zero-order valence-electron chi connectivity index (χ0n) is 10.3. The molecule has 0 aliphatic rings. The third-order valence-corrected chi connectivity index (χ3v) is 2.32. The van der Waals surface area contributed by atoms with Crippen molar-refractivity contribution in [3.63, 3.8) is 0 Å². The quantitative estimate of drug-likeness (QED) is 0.613. The molecule has 20 heavy (non-hydrogen) atoms. The normalized spacial score (nSPS) is 10.2. The van der Waals surface area contributed by atoms with Crippen molar-refractivity contribution in [3.8, 4) is 5.75 Å². The van der Waals surface area contributed by atoms with Gasteiger partial charge in [-0.05, 0) is 11.3 Å². The first kappa shape index (κ1) is 13.4. The van der Waals surface area contributed by atoms with Gasteiger partial charge in [0.1, 0.15) is 5.75 Å². The van der Waals surface area contributed by atoms with Crippen LogP contribution in [-0.2, 0) is 13.7 Å². The molecule has 1 aromatic heterocycles. The molecule has 10 heteroatoms. The number of nitro groups is 1. The van der Waals surface area contributed by atoms with E-state index in [0.717, 1.165) is 6.07 Å². The second-order valence-corrected chi connectivity index (χ2v) is 3.70. The predicted molar refractivity (Wildman–Crippen MR) is 63.2 cm³/mol. The Balaban J connectivity index is 2.29. The Hall–Kier alpha value is -3.04. The number of aromatic nitrogens is 4. The van der Waals surface area contributed by atoms with Gasteiger partial charge in [0.2, 0.25) is 5.82 Å². The minimum atomic E-state index is -1.44. The standard InChI is InChI=1S/C10H9N5O5/c1-14-12-8(11-13-14)5-20-7-4-2-3-6(15(18)19)9(7)10(16)17/h2-4H,5H2,1H3,(H,16,17). The molecule has 104 valence electrons. The molecule has 0 atom stereocenters. The summed E-state index contributed by atoms with van der Waals surface area (Å²) in [4.78, 5) is 22.4. The number of carbonyl (C=O) groups is 1. The van der Waals surface area contributed by atoms with Crippen molar-refractivity contribution >= 4 is 11.7 Å². The van der Waals surface area contributed by atoms with Crippen LogP contribution in [0.5, 0.6) is 5.75 Å². The minimum absolute atomic E-state index is 0.126. The van der Waals surface area contributed by atoms with Crippen molar-refractivity contribution in [1.82, 2.24) is 20.2 Å². The number of hydrogen-bond donors (Lipinski definition) is 1. The van der Waals surface area contributed by atoms with Gasteiger partial charge < -0.3 is 9.84 Å². The third kappa shape index (κ3) is 2.68.